The van der Waals surface area contributed by atoms with E-state index in [0.29, 0.717) is 44.8 Å². The van der Waals surface area contributed by atoms with Crippen LogP contribution in [0.2, 0.25) is 0 Å². The molecule has 2 bridgehead atoms. The van der Waals surface area contributed by atoms with Crippen molar-refractivity contribution in [2.75, 3.05) is 39.3 Å². The number of piperazine rings is 1. The first-order valence-electron chi connectivity index (χ1n) is 11.5. The third-order valence-corrected chi connectivity index (χ3v) is 9.38. The average molecular weight is 486 g/mol. The fourth-order valence-electron chi connectivity index (χ4n) is 5.69. The molecule has 0 aromatic heterocycles. The van der Waals surface area contributed by atoms with Gasteiger partial charge in [-0.15, -0.1) is 0 Å². The molecule has 1 N–H and O–H groups in total. The van der Waals surface area contributed by atoms with Crippen LogP contribution in [0.4, 0.5) is 0 Å². The Bertz CT molecular complexity index is 1140. The van der Waals surface area contributed by atoms with Crippen molar-refractivity contribution in [3.05, 3.63) is 48.1 Å². The maximum Gasteiger partial charge on any atom is 0.328 e. The van der Waals surface area contributed by atoms with Gasteiger partial charge in [0.2, 0.25) is 21.8 Å². The lowest BCUT2D eigenvalue weighted by Crippen LogP contribution is -2.50. The van der Waals surface area contributed by atoms with E-state index in [9.17, 15) is 22.8 Å². The number of nitrogens with zero attached hydrogens (tertiary/aromatic N) is 3. The van der Waals surface area contributed by atoms with Crippen molar-refractivity contribution in [2.45, 2.75) is 11.3 Å². The summed E-state index contributed by atoms with van der Waals surface area (Å²) < 4.78 is 27.4. The molecule has 2 amide bonds. The molecule has 2 aliphatic carbocycles. The molecule has 4 atom stereocenters. The van der Waals surface area contributed by atoms with Gasteiger partial charge in [0, 0.05) is 45.3 Å². The molecule has 9 nitrogen and oxygen atoms in total. The van der Waals surface area contributed by atoms with E-state index in [1.54, 1.807) is 12.1 Å². The second kappa shape index (κ2) is 8.75. The van der Waals surface area contributed by atoms with Gasteiger partial charge in [0.05, 0.1) is 16.7 Å². The summed E-state index contributed by atoms with van der Waals surface area (Å²) in [4.78, 5) is 40.0. The Hall–Kier alpha value is -2.82. The largest absolute Gasteiger partial charge is 0.478 e. The van der Waals surface area contributed by atoms with Crippen LogP contribution in [0.3, 0.4) is 0 Å². The van der Waals surface area contributed by atoms with Crippen molar-refractivity contribution in [1.29, 1.82) is 0 Å². The Morgan fingerprint density at radius 1 is 0.941 bits per heavy atom. The van der Waals surface area contributed by atoms with Crippen molar-refractivity contribution in [3.63, 3.8) is 0 Å². The second-order valence-electron chi connectivity index (χ2n) is 9.31. The topological polar surface area (TPSA) is 115 Å². The van der Waals surface area contributed by atoms with Crippen molar-refractivity contribution in [1.82, 2.24) is 14.1 Å². The van der Waals surface area contributed by atoms with E-state index >= 15 is 0 Å². The van der Waals surface area contributed by atoms with E-state index in [1.807, 2.05) is 0 Å². The summed E-state index contributed by atoms with van der Waals surface area (Å²) in [5.74, 6) is -1.13. The number of hydrogen-bond donors (Lipinski definition) is 1. The number of benzene rings is 1. The number of likely N-dealkylation sites (tertiary alicyclic amines) is 1. The lowest BCUT2D eigenvalue weighted by atomic mass is 9.85. The van der Waals surface area contributed by atoms with Gasteiger partial charge in [-0.25, -0.2) is 13.2 Å². The Kier molecular flexibility index (Phi) is 5.91. The number of carboxylic acids is 1. The second-order valence-corrected chi connectivity index (χ2v) is 11.3. The molecule has 0 spiro atoms. The van der Waals surface area contributed by atoms with Crippen molar-refractivity contribution >= 4 is 33.9 Å². The SMILES string of the molecule is O=C(O)/C=C/c1ccc(S(=O)(=O)N2CCN(CCN3C(=O)[C@@H]4[C@@H](C3=O)[C@H]3C=C[C@@H]4C3)CC2)cc1. The molecular weight excluding hydrogens is 458 g/mol. The first-order chi connectivity index (χ1) is 16.3. The number of fused-ring (bicyclic) bond motifs is 5. The molecule has 34 heavy (non-hydrogen) atoms. The average Bonchev–Trinajstić information content (AvgIpc) is 3.51. The zero-order valence-corrected chi connectivity index (χ0v) is 19.4. The zero-order chi connectivity index (χ0) is 24.0. The number of hydrogen-bond acceptors (Lipinski definition) is 6. The van der Waals surface area contributed by atoms with Crippen molar-refractivity contribution in [2.24, 2.45) is 23.7 Å². The molecule has 5 rings (SSSR count). The number of carbonyl (C=O) groups excluding carboxylic acids is 2. The molecule has 0 unspecified atom stereocenters. The number of sulfonamides is 1. The van der Waals surface area contributed by atoms with E-state index in [0.717, 1.165) is 12.5 Å². The molecule has 1 aromatic carbocycles. The number of allylic oxidation sites excluding steroid dienone is 2. The van der Waals surface area contributed by atoms with Crippen LogP contribution in [0, 0.1) is 23.7 Å². The van der Waals surface area contributed by atoms with Crippen molar-refractivity contribution < 1.29 is 27.9 Å². The number of rotatable bonds is 7. The van der Waals surface area contributed by atoms with Crippen LogP contribution in [-0.4, -0.2) is 84.7 Å². The molecule has 2 aliphatic heterocycles. The van der Waals surface area contributed by atoms with Crippen molar-refractivity contribution in [3.8, 4) is 0 Å². The van der Waals surface area contributed by atoms with Crippen LogP contribution in [0.1, 0.15) is 12.0 Å². The molecule has 1 aromatic rings. The zero-order valence-electron chi connectivity index (χ0n) is 18.6. The molecule has 2 heterocycles. The number of carbonyl (C=O) groups is 3. The van der Waals surface area contributed by atoms with E-state index in [1.165, 1.54) is 27.4 Å². The van der Waals surface area contributed by atoms with Crippen LogP contribution >= 0.6 is 0 Å². The van der Waals surface area contributed by atoms with Crippen LogP contribution in [0.15, 0.2) is 47.4 Å². The summed E-state index contributed by atoms with van der Waals surface area (Å²) in [5, 5.41) is 8.70. The Morgan fingerprint density at radius 3 is 2.09 bits per heavy atom. The van der Waals surface area contributed by atoms with Gasteiger partial charge in [0.1, 0.15) is 0 Å². The summed E-state index contributed by atoms with van der Waals surface area (Å²) in [7, 11) is -3.66. The summed E-state index contributed by atoms with van der Waals surface area (Å²) >= 11 is 0. The summed E-state index contributed by atoms with van der Waals surface area (Å²) in [6.07, 6.45) is 7.49. The number of amides is 2. The highest BCUT2D eigenvalue weighted by atomic mass is 32.2. The van der Waals surface area contributed by atoms with Gasteiger partial charge < -0.3 is 5.11 Å². The number of imide groups is 1. The molecule has 0 radical (unpaired) electrons. The monoisotopic (exact) mass is 485 g/mol. The van der Waals surface area contributed by atoms with Gasteiger partial charge in [-0.1, -0.05) is 24.3 Å². The fourth-order valence-corrected chi connectivity index (χ4v) is 7.11. The predicted molar refractivity (Wildman–Crippen MR) is 123 cm³/mol. The van der Waals surface area contributed by atoms with E-state index in [-0.39, 0.29) is 40.4 Å². The predicted octanol–water partition coefficient (Wildman–Crippen LogP) is 0.898. The lowest BCUT2D eigenvalue weighted by Gasteiger charge is -2.34. The van der Waals surface area contributed by atoms with E-state index in [2.05, 4.69) is 17.1 Å². The Morgan fingerprint density at radius 2 is 1.53 bits per heavy atom. The number of aliphatic carboxylic acids is 1. The minimum absolute atomic E-state index is 0.0466. The molecule has 3 fully saturated rings. The van der Waals surface area contributed by atoms with Gasteiger partial charge in [-0.05, 0) is 42.0 Å². The molecule has 10 heteroatoms. The molecule has 2 saturated heterocycles. The maximum absolute atomic E-state index is 13.0. The highest BCUT2D eigenvalue weighted by Gasteiger charge is 2.59. The van der Waals surface area contributed by atoms with Gasteiger partial charge in [0.15, 0.2) is 0 Å². The summed E-state index contributed by atoms with van der Waals surface area (Å²) in [6.45, 7) is 2.58. The van der Waals surface area contributed by atoms with Gasteiger partial charge >= 0.3 is 5.97 Å². The Labute approximate surface area is 198 Å². The molecule has 180 valence electrons. The van der Waals surface area contributed by atoms with Gasteiger partial charge in [-0.3, -0.25) is 19.4 Å². The first-order valence-corrected chi connectivity index (χ1v) is 13.0. The smallest absolute Gasteiger partial charge is 0.328 e. The number of carboxylic acid groups (broad SMARTS) is 1. The highest BCUT2D eigenvalue weighted by molar-refractivity contribution is 7.89. The Balaban J connectivity index is 1.14. The van der Waals surface area contributed by atoms with Crippen LogP contribution in [0.5, 0.6) is 0 Å². The first kappa shape index (κ1) is 22.9. The fraction of sp³-hybridized carbons (Fsp3) is 0.458. The minimum atomic E-state index is -3.66. The van der Waals surface area contributed by atoms with E-state index < -0.39 is 16.0 Å². The van der Waals surface area contributed by atoms with Crippen LogP contribution < -0.4 is 0 Å². The third kappa shape index (κ3) is 3.99. The quantitative estimate of drug-likeness (QED) is 0.347. The third-order valence-electron chi connectivity index (χ3n) is 7.47. The molecular formula is C24H27N3O6S. The van der Waals surface area contributed by atoms with E-state index in [4.69, 9.17) is 5.11 Å². The molecule has 4 aliphatic rings. The standard InChI is InChI=1S/C24H27N3O6S/c28-20(29)8-3-16-1-6-19(7-2-16)34(32,33)26-12-9-25(10-13-26)11-14-27-23(30)21-17-4-5-18(15-17)22(21)24(27)31/h1-8,17-18,21-22H,9-15H2,(H,28,29)/b8-3+/t17-,18+,21-,22-/m0/s1. The van der Waals surface area contributed by atoms with Crippen LogP contribution in [0.25, 0.3) is 6.08 Å². The van der Waals surface area contributed by atoms with Gasteiger partial charge in [-0.2, -0.15) is 4.31 Å². The maximum atomic E-state index is 13.0. The van der Waals surface area contributed by atoms with Gasteiger partial charge in [0.25, 0.3) is 0 Å². The highest BCUT2D eigenvalue weighted by Crippen LogP contribution is 2.52. The summed E-state index contributed by atoms with van der Waals surface area (Å²) in [6, 6.07) is 6.10. The normalized spacial score (nSPS) is 29.5. The summed E-state index contributed by atoms with van der Waals surface area (Å²) in [5.41, 5.74) is 0.602. The lowest BCUT2D eigenvalue weighted by molar-refractivity contribution is -0.141. The van der Waals surface area contributed by atoms with Crippen LogP contribution in [-0.2, 0) is 24.4 Å². The minimum Gasteiger partial charge on any atom is -0.478 e. The molecule has 1 saturated carbocycles.